The molecule has 1 saturated heterocycles. The molecular weight excluding hydrogens is 228 g/mol. The molecule has 0 aromatic heterocycles. The van der Waals surface area contributed by atoms with E-state index in [0.29, 0.717) is 6.54 Å². The fourth-order valence-corrected chi connectivity index (χ4v) is 2.22. The molecule has 1 heterocycles. The topological polar surface area (TPSA) is 50.4 Å². The van der Waals surface area contributed by atoms with Gasteiger partial charge in [-0.3, -0.25) is 4.79 Å². The van der Waals surface area contributed by atoms with Crippen molar-refractivity contribution in [2.45, 2.75) is 32.0 Å². The van der Waals surface area contributed by atoms with Crippen LogP contribution in [0.1, 0.15) is 17.5 Å². The second-order valence-corrected chi connectivity index (χ2v) is 4.76. The summed E-state index contributed by atoms with van der Waals surface area (Å²) in [5.41, 5.74) is 2.34. The van der Waals surface area contributed by atoms with Gasteiger partial charge < -0.3 is 15.4 Å². The van der Waals surface area contributed by atoms with Gasteiger partial charge in [-0.2, -0.15) is 0 Å². The molecule has 1 amide bonds. The van der Waals surface area contributed by atoms with E-state index in [9.17, 15) is 4.79 Å². The molecule has 1 aliphatic heterocycles. The number of rotatable bonds is 4. The second kappa shape index (κ2) is 5.98. The van der Waals surface area contributed by atoms with Gasteiger partial charge in [0.1, 0.15) is 0 Å². The summed E-state index contributed by atoms with van der Waals surface area (Å²) in [6.07, 6.45) is 0.899. The van der Waals surface area contributed by atoms with E-state index in [1.165, 1.54) is 5.56 Å². The van der Waals surface area contributed by atoms with Crippen molar-refractivity contribution in [1.82, 2.24) is 10.6 Å². The van der Waals surface area contributed by atoms with Crippen LogP contribution in [0.25, 0.3) is 0 Å². The molecule has 4 heteroatoms. The SMILES string of the molecule is COC1CNC(C(=O)NCc2cccc(C)c2)C1. The normalized spacial score (nSPS) is 23.0. The first-order valence-corrected chi connectivity index (χ1v) is 6.28. The highest BCUT2D eigenvalue weighted by Crippen LogP contribution is 2.10. The number of benzene rings is 1. The van der Waals surface area contributed by atoms with Crippen LogP contribution >= 0.6 is 0 Å². The van der Waals surface area contributed by atoms with Crippen LogP contribution in [0.4, 0.5) is 0 Å². The molecule has 98 valence electrons. The second-order valence-electron chi connectivity index (χ2n) is 4.76. The van der Waals surface area contributed by atoms with E-state index in [0.717, 1.165) is 18.5 Å². The molecule has 0 bridgehead atoms. The zero-order valence-corrected chi connectivity index (χ0v) is 10.9. The highest BCUT2D eigenvalue weighted by Gasteiger charge is 2.28. The van der Waals surface area contributed by atoms with Crippen LogP contribution in [0.3, 0.4) is 0 Å². The Morgan fingerprint density at radius 2 is 2.39 bits per heavy atom. The predicted molar refractivity (Wildman–Crippen MR) is 70.2 cm³/mol. The van der Waals surface area contributed by atoms with Crippen LogP contribution in [-0.2, 0) is 16.1 Å². The lowest BCUT2D eigenvalue weighted by Gasteiger charge is -2.11. The number of hydrogen-bond donors (Lipinski definition) is 2. The first-order valence-electron chi connectivity index (χ1n) is 6.28. The zero-order chi connectivity index (χ0) is 13.0. The van der Waals surface area contributed by atoms with E-state index in [2.05, 4.69) is 16.7 Å². The fraction of sp³-hybridized carbons (Fsp3) is 0.500. The van der Waals surface area contributed by atoms with Crippen molar-refractivity contribution in [2.75, 3.05) is 13.7 Å². The van der Waals surface area contributed by atoms with Gasteiger partial charge in [0.05, 0.1) is 12.1 Å². The van der Waals surface area contributed by atoms with Gasteiger partial charge in [-0.15, -0.1) is 0 Å². The Morgan fingerprint density at radius 1 is 1.56 bits per heavy atom. The van der Waals surface area contributed by atoms with Crippen molar-refractivity contribution < 1.29 is 9.53 Å². The van der Waals surface area contributed by atoms with Crippen molar-refractivity contribution in [3.63, 3.8) is 0 Å². The Morgan fingerprint density at radius 3 is 3.06 bits per heavy atom. The average Bonchev–Trinajstić information content (AvgIpc) is 2.85. The van der Waals surface area contributed by atoms with E-state index < -0.39 is 0 Å². The molecule has 2 N–H and O–H groups in total. The molecule has 0 spiro atoms. The van der Waals surface area contributed by atoms with E-state index in [4.69, 9.17) is 4.74 Å². The first kappa shape index (κ1) is 13.1. The summed E-state index contributed by atoms with van der Waals surface area (Å²) in [7, 11) is 1.68. The number of methoxy groups -OCH3 is 1. The Balaban J connectivity index is 1.82. The summed E-state index contributed by atoms with van der Waals surface area (Å²) in [4.78, 5) is 11.9. The number of nitrogens with one attached hydrogen (secondary N) is 2. The fourth-order valence-electron chi connectivity index (χ4n) is 2.22. The van der Waals surface area contributed by atoms with E-state index >= 15 is 0 Å². The van der Waals surface area contributed by atoms with Crippen molar-refractivity contribution >= 4 is 5.91 Å². The Labute approximate surface area is 108 Å². The van der Waals surface area contributed by atoms with Gasteiger partial charge in [0.2, 0.25) is 5.91 Å². The Hall–Kier alpha value is -1.39. The van der Waals surface area contributed by atoms with Gasteiger partial charge in [0, 0.05) is 20.2 Å². The number of carbonyl (C=O) groups excluding carboxylic acids is 1. The highest BCUT2D eigenvalue weighted by atomic mass is 16.5. The van der Waals surface area contributed by atoms with Gasteiger partial charge in [-0.05, 0) is 18.9 Å². The van der Waals surface area contributed by atoms with Crippen LogP contribution in [-0.4, -0.2) is 31.7 Å². The average molecular weight is 248 g/mol. The minimum Gasteiger partial charge on any atom is -0.380 e. The molecule has 1 fully saturated rings. The smallest absolute Gasteiger partial charge is 0.237 e. The molecule has 2 rings (SSSR count). The van der Waals surface area contributed by atoms with Crippen molar-refractivity contribution in [1.29, 1.82) is 0 Å². The quantitative estimate of drug-likeness (QED) is 0.835. The van der Waals surface area contributed by atoms with Gasteiger partial charge >= 0.3 is 0 Å². The lowest BCUT2D eigenvalue weighted by molar-refractivity contribution is -0.123. The lowest BCUT2D eigenvalue weighted by Crippen LogP contribution is -2.40. The third-order valence-electron chi connectivity index (χ3n) is 3.29. The van der Waals surface area contributed by atoms with Gasteiger partial charge in [0.25, 0.3) is 0 Å². The van der Waals surface area contributed by atoms with Gasteiger partial charge in [0.15, 0.2) is 0 Å². The lowest BCUT2D eigenvalue weighted by atomic mass is 10.1. The minimum absolute atomic E-state index is 0.0519. The molecule has 0 aliphatic carbocycles. The monoisotopic (exact) mass is 248 g/mol. The third kappa shape index (κ3) is 3.31. The largest absolute Gasteiger partial charge is 0.380 e. The molecule has 1 aliphatic rings. The van der Waals surface area contributed by atoms with Crippen molar-refractivity contribution in [3.05, 3.63) is 35.4 Å². The number of carbonyl (C=O) groups is 1. The molecule has 1 aromatic carbocycles. The van der Waals surface area contributed by atoms with E-state index in [-0.39, 0.29) is 18.1 Å². The maximum atomic E-state index is 11.9. The number of hydrogen-bond acceptors (Lipinski definition) is 3. The van der Waals surface area contributed by atoms with Crippen LogP contribution in [0, 0.1) is 6.92 Å². The molecule has 4 nitrogen and oxygen atoms in total. The van der Waals surface area contributed by atoms with Crippen molar-refractivity contribution in [3.8, 4) is 0 Å². The molecule has 18 heavy (non-hydrogen) atoms. The minimum atomic E-state index is -0.125. The van der Waals surface area contributed by atoms with Gasteiger partial charge in [-0.1, -0.05) is 29.8 Å². The molecule has 2 unspecified atom stereocenters. The van der Waals surface area contributed by atoms with E-state index in [1.807, 2.05) is 25.1 Å². The predicted octanol–water partition coefficient (Wildman–Crippen LogP) is 0.988. The summed E-state index contributed by atoms with van der Waals surface area (Å²) >= 11 is 0. The summed E-state index contributed by atoms with van der Waals surface area (Å²) in [5.74, 6) is 0.0519. The summed E-state index contributed by atoms with van der Waals surface area (Å²) in [6, 6.07) is 8.03. The number of aryl methyl sites for hydroxylation is 1. The first-order chi connectivity index (χ1) is 8.69. The third-order valence-corrected chi connectivity index (χ3v) is 3.29. The standard InChI is InChI=1S/C14H20N2O2/c1-10-4-3-5-11(6-10)8-16-14(17)13-7-12(18-2)9-15-13/h3-6,12-13,15H,7-9H2,1-2H3,(H,16,17). The van der Waals surface area contributed by atoms with Crippen LogP contribution in [0.15, 0.2) is 24.3 Å². The number of amides is 1. The summed E-state index contributed by atoms with van der Waals surface area (Å²) in [6.45, 7) is 3.38. The Bertz CT molecular complexity index is 420. The highest BCUT2D eigenvalue weighted by molar-refractivity contribution is 5.82. The molecule has 0 saturated carbocycles. The van der Waals surface area contributed by atoms with Crippen molar-refractivity contribution in [2.24, 2.45) is 0 Å². The molecular formula is C14H20N2O2. The molecule has 1 aromatic rings. The number of ether oxygens (including phenoxy) is 1. The molecule has 0 radical (unpaired) electrons. The van der Waals surface area contributed by atoms with Crippen LogP contribution in [0.5, 0.6) is 0 Å². The Kier molecular flexibility index (Phi) is 4.33. The van der Waals surface area contributed by atoms with Crippen LogP contribution in [0.2, 0.25) is 0 Å². The zero-order valence-electron chi connectivity index (χ0n) is 10.9. The maximum Gasteiger partial charge on any atom is 0.237 e. The van der Waals surface area contributed by atoms with Gasteiger partial charge in [-0.25, -0.2) is 0 Å². The van der Waals surface area contributed by atoms with E-state index in [1.54, 1.807) is 7.11 Å². The van der Waals surface area contributed by atoms with Crippen LogP contribution < -0.4 is 10.6 Å². The maximum absolute atomic E-state index is 11.9. The summed E-state index contributed by atoms with van der Waals surface area (Å²) < 4.78 is 5.23. The summed E-state index contributed by atoms with van der Waals surface area (Å²) in [5, 5.41) is 6.12. The molecule has 2 atom stereocenters.